The molecular formula is C17H12N2O2. The lowest BCUT2D eigenvalue weighted by Crippen LogP contribution is -2.12. The maximum Gasteiger partial charge on any atom is 0.418 e. The first kappa shape index (κ1) is 12.9. The molecule has 4 nitrogen and oxygen atoms in total. The molecule has 1 aromatic heterocycles. The molecule has 0 bridgehead atoms. The molecule has 0 saturated heterocycles. The van der Waals surface area contributed by atoms with E-state index in [1.165, 1.54) is 4.57 Å². The van der Waals surface area contributed by atoms with Gasteiger partial charge in [0.25, 0.3) is 0 Å². The van der Waals surface area contributed by atoms with Crippen molar-refractivity contribution in [1.29, 1.82) is 5.26 Å². The summed E-state index contributed by atoms with van der Waals surface area (Å²) in [5, 5.41) is 9.83. The summed E-state index contributed by atoms with van der Waals surface area (Å²) in [6.07, 6.45) is 1.20. The fraction of sp³-hybridized carbons (Fsp3) is 0.0588. The fourth-order valence-corrected chi connectivity index (χ4v) is 2.15. The molecule has 1 heterocycles. The minimum Gasteiger partial charge on any atom is -0.444 e. The maximum absolute atomic E-state index is 12.2. The number of carbonyl (C=O) groups is 1. The predicted molar refractivity (Wildman–Crippen MR) is 78.7 cm³/mol. The quantitative estimate of drug-likeness (QED) is 0.717. The third-order valence-electron chi connectivity index (χ3n) is 3.22. The molecule has 0 saturated carbocycles. The average Bonchev–Trinajstić information content (AvgIpc) is 2.96. The number of nitrogens with zero attached hydrogens (tertiary/aromatic N) is 2. The summed E-state index contributed by atoms with van der Waals surface area (Å²) in [6.45, 7) is 0.220. The number of fused-ring (bicyclic) bond motifs is 1. The summed E-state index contributed by atoms with van der Waals surface area (Å²) in [6, 6.07) is 18.6. The van der Waals surface area contributed by atoms with Gasteiger partial charge in [0.1, 0.15) is 6.61 Å². The smallest absolute Gasteiger partial charge is 0.418 e. The highest BCUT2D eigenvalue weighted by Crippen LogP contribution is 2.18. The molecule has 0 aliphatic rings. The molecule has 3 aromatic rings. The highest BCUT2D eigenvalue weighted by atomic mass is 16.5. The first-order valence-corrected chi connectivity index (χ1v) is 6.50. The summed E-state index contributed by atoms with van der Waals surface area (Å²) in [7, 11) is 0. The summed E-state index contributed by atoms with van der Waals surface area (Å²) in [5.41, 5.74) is 2.12. The second-order valence-electron chi connectivity index (χ2n) is 4.61. The van der Waals surface area contributed by atoms with Gasteiger partial charge in [-0.3, -0.25) is 4.57 Å². The number of nitriles is 1. The normalized spacial score (nSPS) is 10.2. The van der Waals surface area contributed by atoms with E-state index in [2.05, 4.69) is 6.07 Å². The Morgan fingerprint density at radius 2 is 1.95 bits per heavy atom. The molecule has 3 rings (SSSR count). The number of benzene rings is 2. The van der Waals surface area contributed by atoms with Crippen molar-refractivity contribution in [3.05, 3.63) is 71.9 Å². The van der Waals surface area contributed by atoms with E-state index in [9.17, 15) is 4.79 Å². The predicted octanol–water partition coefficient (Wildman–Crippen LogP) is 3.70. The van der Waals surface area contributed by atoms with Crippen LogP contribution in [-0.2, 0) is 11.3 Å². The largest absolute Gasteiger partial charge is 0.444 e. The monoisotopic (exact) mass is 276 g/mol. The van der Waals surface area contributed by atoms with Crippen molar-refractivity contribution in [2.45, 2.75) is 6.61 Å². The number of rotatable bonds is 2. The van der Waals surface area contributed by atoms with Crippen LogP contribution in [0, 0.1) is 11.3 Å². The highest BCUT2D eigenvalue weighted by molar-refractivity contribution is 5.90. The van der Waals surface area contributed by atoms with Gasteiger partial charge in [0.15, 0.2) is 0 Å². The average molecular weight is 276 g/mol. The van der Waals surface area contributed by atoms with Crippen LogP contribution in [0.1, 0.15) is 11.1 Å². The zero-order valence-electron chi connectivity index (χ0n) is 11.2. The highest BCUT2D eigenvalue weighted by Gasteiger charge is 2.10. The van der Waals surface area contributed by atoms with Crippen molar-refractivity contribution in [2.75, 3.05) is 0 Å². The Hall–Kier alpha value is -3.06. The van der Waals surface area contributed by atoms with Gasteiger partial charge in [0.05, 0.1) is 17.1 Å². The molecule has 0 radical (unpaired) electrons. The van der Waals surface area contributed by atoms with Crippen LogP contribution in [0.5, 0.6) is 0 Å². The molecule has 4 heteroatoms. The van der Waals surface area contributed by atoms with Crippen LogP contribution < -0.4 is 0 Å². The molecule has 0 spiro atoms. The van der Waals surface area contributed by atoms with E-state index in [0.717, 1.165) is 10.9 Å². The van der Waals surface area contributed by atoms with E-state index in [4.69, 9.17) is 10.00 Å². The van der Waals surface area contributed by atoms with Crippen LogP contribution in [-0.4, -0.2) is 10.7 Å². The second-order valence-corrected chi connectivity index (χ2v) is 4.61. The molecule has 2 aromatic carbocycles. The van der Waals surface area contributed by atoms with E-state index >= 15 is 0 Å². The summed E-state index contributed by atoms with van der Waals surface area (Å²) in [4.78, 5) is 12.2. The SMILES string of the molecule is N#Cc1ccc2ccn(C(=O)OCc3ccccc3)c2c1. The van der Waals surface area contributed by atoms with Crippen LogP contribution in [0.4, 0.5) is 4.79 Å². The second kappa shape index (κ2) is 5.51. The number of hydrogen-bond acceptors (Lipinski definition) is 3. The zero-order valence-corrected chi connectivity index (χ0v) is 11.2. The maximum atomic E-state index is 12.2. The van der Waals surface area contributed by atoms with Crippen LogP contribution in [0.25, 0.3) is 10.9 Å². The van der Waals surface area contributed by atoms with E-state index in [0.29, 0.717) is 11.1 Å². The lowest BCUT2D eigenvalue weighted by Gasteiger charge is -2.06. The topological polar surface area (TPSA) is 55.0 Å². The molecule has 0 atom stereocenters. The molecule has 0 aliphatic heterocycles. The molecule has 0 unspecified atom stereocenters. The van der Waals surface area contributed by atoms with Gasteiger partial charge >= 0.3 is 6.09 Å². The Labute approximate surface area is 121 Å². The minimum atomic E-state index is -0.455. The first-order chi connectivity index (χ1) is 10.3. The third kappa shape index (κ3) is 2.63. The molecule has 0 aliphatic carbocycles. The molecule has 0 N–H and O–H groups in total. The van der Waals surface area contributed by atoms with E-state index < -0.39 is 6.09 Å². The van der Waals surface area contributed by atoms with E-state index in [1.54, 1.807) is 18.3 Å². The van der Waals surface area contributed by atoms with Crippen molar-refractivity contribution in [1.82, 2.24) is 4.57 Å². The van der Waals surface area contributed by atoms with Crippen molar-refractivity contribution >= 4 is 17.0 Å². The molecule has 21 heavy (non-hydrogen) atoms. The van der Waals surface area contributed by atoms with Gasteiger partial charge in [-0.05, 0) is 23.8 Å². The Morgan fingerprint density at radius 3 is 2.71 bits per heavy atom. The number of hydrogen-bond donors (Lipinski definition) is 0. The Kier molecular flexibility index (Phi) is 3.40. The lowest BCUT2D eigenvalue weighted by molar-refractivity contribution is 0.142. The zero-order chi connectivity index (χ0) is 14.7. The van der Waals surface area contributed by atoms with Crippen LogP contribution in [0.15, 0.2) is 60.8 Å². The van der Waals surface area contributed by atoms with Crippen molar-refractivity contribution in [3.8, 4) is 6.07 Å². The Bertz CT molecular complexity index is 829. The minimum absolute atomic E-state index is 0.220. The van der Waals surface area contributed by atoms with Gasteiger partial charge in [-0.25, -0.2) is 4.79 Å². The number of carbonyl (C=O) groups excluding carboxylic acids is 1. The van der Waals surface area contributed by atoms with E-state index in [1.807, 2.05) is 42.5 Å². The molecule has 102 valence electrons. The van der Waals surface area contributed by atoms with Crippen LogP contribution >= 0.6 is 0 Å². The standard InChI is InChI=1S/C17H12N2O2/c18-11-14-6-7-15-8-9-19(16(15)10-14)17(20)21-12-13-4-2-1-3-5-13/h1-10H,12H2. The van der Waals surface area contributed by atoms with Crippen molar-refractivity contribution < 1.29 is 9.53 Å². The summed E-state index contributed by atoms with van der Waals surface area (Å²) < 4.78 is 6.71. The van der Waals surface area contributed by atoms with Gasteiger partial charge < -0.3 is 4.74 Å². The first-order valence-electron chi connectivity index (χ1n) is 6.50. The van der Waals surface area contributed by atoms with Gasteiger partial charge in [-0.1, -0.05) is 36.4 Å². The van der Waals surface area contributed by atoms with Gasteiger partial charge in [-0.2, -0.15) is 5.26 Å². The molecule has 0 amide bonds. The Balaban J connectivity index is 1.83. The fourth-order valence-electron chi connectivity index (χ4n) is 2.15. The van der Waals surface area contributed by atoms with Gasteiger partial charge in [0, 0.05) is 11.6 Å². The van der Waals surface area contributed by atoms with Gasteiger partial charge in [-0.15, -0.1) is 0 Å². The van der Waals surface area contributed by atoms with Crippen LogP contribution in [0.2, 0.25) is 0 Å². The summed E-state index contributed by atoms with van der Waals surface area (Å²) in [5.74, 6) is 0. The molecular weight excluding hydrogens is 264 g/mol. The molecule has 0 fully saturated rings. The number of ether oxygens (including phenoxy) is 1. The lowest BCUT2D eigenvalue weighted by atomic mass is 10.2. The van der Waals surface area contributed by atoms with Crippen molar-refractivity contribution in [2.24, 2.45) is 0 Å². The van der Waals surface area contributed by atoms with Crippen molar-refractivity contribution in [3.63, 3.8) is 0 Å². The Morgan fingerprint density at radius 1 is 1.14 bits per heavy atom. The van der Waals surface area contributed by atoms with E-state index in [-0.39, 0.29) is 6.61 Å². The summed E-state index contributed by atoms with van der Waals surface area (Å²) >= 11 is 0. The van der Waals surface area contributed by atoms with Gasteiger partial charge in [0.2, 0.25) is 0 Å². The van der Waals surface area contributed by atoms with Crippen LogP contribution in [0.3, 0.4) is 0 Å². The number of aromatic nitrogens is 1. The third-order valence-corrected chi connectivity index (χ3v) is 3.22.